The van der Waals surface area contributed by atoms with Crippen LogP contribution in [0.15, 0.2) is 35.1 Å². The van der Waals surface area contributed by atoms with Crippen LogP contribution in [0.4, 0.5) is 0 Å². The molecule has 0 saturated heterocycles. The second-order valence-electron chi connectivity index (χ2n) is 3.90. The number of halogens is 2. The molecule has 0 fully saturated rings. The van der Waals surface area contributed by atoms with Gasteiger partial charge in [0.15, 0.2) is 10.9 Å². The molecule has 5 nitrogen and oxygen atoms in total. The van der Waals surface area contributed by atoms with E-state index in [9.17, 15) is 5.11 Å². The van der Waals surface area contributed by atoms with Crippen LogP contribution in [0.2, 0.25) is 5.15 Å². The summed E-state index contributed by atoms with van der Waals surface area (Å²) in [7, 11) is 1.53. The molecule has 0 radical (unpaired) electrons. The number of nitrogens with zero attached hydrogens (tertiary/aromatic N) is 2. The van der Waals surface area contributed by atoms with Gasteiger partial charge in [0, 0.05) is 28.5 Å². The van der Waals surface area contributed by atoms with Crippen LogP contribution in [0.5, 0.6) is 11.6 Å². The lowest BCUT2D eigenvalue weighted by Crippen LogP contribution is -2.10. The van der Waals surface area contributed by atoms with Crippen molar-refractivity contribution < 1.29 is 14.6 Å². The second-order valence-corrected chi connectivity index (χ2v) is 5.18. The number of aliphatic hydroxyl groups is 1. The van der Waals surface area contributed by atoms with E-state index >= 15 is 0 Å². The Morgan fingerprint density at radius 2 is 2.15 bits per heavy atom. The van der Waals surface area contributed by atoms with Gasteiger partial charge in [-0.15, -0.1) is 0 Å². The Morgan fingerprint density at radius 3 is 2.80 bits per heavy atom. The van der Waals surface area contributed by atoms with Crippen molar-refractivity contribution in [3.63, 3.8) is 0 Å². The van der Waals surface area contributed by atoms with Crippen LogP contribution in [-0.4, -0.2) is 28.8 Å². The molecule has 0 aliphatic heterocycles. The second kappa shape index (κ2) is 6.88. The summed E-state index contributed by atoms with van der Waals surface area (Å²) in [6, 6.07) is 5.08. The summed E-state index contributed by atoms with van der Waals surface area (Å²) in [4.78, 5) is 7.96. The van der Waals surface area contributed by atoms with Crippen molar-refractivity contribution in [2.75, 3.05) is 13.7 Å². The lowest BCUT2D eigenvalue weighted by molar-refractivity contribution is 0.107. The normalized spacial score (nSPS) is 12.0. The van der Waals surface area contributed by atoms with Crippen molar-refractivity contribution in [2.24, 2.45) is 0 Å². The Morgan fingerprint density at radius 1 is 1.35 bits per heavy atom. The van der Waals surface area contributed by atoms with Crippen LogP contribution >= 0.6 is 27.5 Å². The van der Waals surface area contributed by atoms with Crippen LogP contribution < -0.4 is 9.47 Å². The highest BCUT2D eigenvalue weighted by Gasteiger charge is 2.11. The number of hydrogen-bond acceptors (Lipinski definition) is 5. The van der Waals surface area contributed by atoms with Gasteiger partial charge in [-0.3, -0.25) is 0 Å². The molecular weight excluding hydrogens is 348 g/mol. The van der Waals surface area contributed by atoms with Gasteiger partial charge in [-0.25, -0.2) is 9.97 Å². The number of methoxy groups -OCH3 is 1. The molecule has 7 heteroatoms. The third-order valence-electron chi connectivity index (χ3n) is 2.52. The number of ether oxygens (including phenoxy) is 2. The topological polar surface area (TPSA) is 64.5 Å². The quantitative estimate of drug-likeness (QED) is 0.831. The molecule has 0 amide bonds. The van der Waals surface area contributed by atoms with E-state index in [0.29, 0.717) is 17.2 Å². The van der Waals surface area contributed by atoms with E-state index in [1.54, 1.807) is 24.4 Å². The SMILES string of the molecule is COc1ccc(C(O)COc2cc(Br)cnc2Cl)cn1. The minimum atomic E-state index is -0.816. The highest BCUT2D eigenvalue weighted by Crippen LogP contribution is 2.26. The average molecular weight is 360 g/mol. The minimum absolute atomic E-state index is 0.0475. The Bertz CT molecular complexity index is 580. The maximum Gasteiger partial charge on any atom is 0.212 e. The van der Waals surface area contributed by atoms with Crippen molar-refractivity contribution in [2.45, 2.75) is 6.10 Å². The fourth-order valence-electron chi connectivity index (χ4n) is 1.48. The van der Waals surface area contributed by atoms with Crippen LogP contribution in [0, 0.1) is 0 Å². The Kier molecular flexibility index (Phi) is 5.17. The largest absolute Gasteiger partial charge is 0.487 e. The molecule has 20 heavy (non-hydrogen) atoms. The molecule has 0 spiro atoms. The van der Waals surface area contributed by atoms with E-state index in [4.69, 9.17) is 21.1 Å². The van der Waals surface area contributed by atoms with E-state index in [1.807, 2.05) is 0 Å². The molecule has 1 atom stereocenters. The zero-order valence-electron chi connectivity index (χ0n) is 10.6. The molecule has 2 aromatic heterocycles. The van der Waals surface area contributed by atoms with Gasteiger partial charge in [0.2, 0.25) is 5.88 Å². The lowest BCUT2D eigenvalue weighted by atomic mass is 10.2. The summed E-state index contributed by atoms with van der Waals surface area (Å²) in [6.45, 7) is 0.0475. The van der Waals surface area contributed by atoms with Gasteiger partial charge in [0.05, 0.1) is 7.11 Å². The Labute approximate surface area is 129 Å². The van der Waals surface area contributed by atoms with Crippen LogP contribution in [-0.2, 0) is 0 Å². The van der Waals surface area contributed by atoms with Crippen LogP contribution in [0.1, 0.15) is 11.7 Å². The third kappa shape index (κ3) is 3.82. The molecule has 106 valence electrons. The molecule has 2 rings (SSSR count). The molecule has 0 aliphatic carbocycles. The summed E-state index contributed by atoms with van der Waals surface area (Å²) < 4.78 is 11.2. The molecular formula is C13H12BrClN2O3. The lowest BCUT2D eigenvalue weighted by Gasteiger charge is -2.13. The predicted molar refractivity (Wildman–Crippen MR) is 78.2 cm³/mol. The zero-order chi connectivity index (χ0) is 14.5. The van der Waals surface area contributed by atoms with Crippen LogP contribution in [0.25, 0.3) is 0 Å². The molecule has 0 aliphatic rings. The van der Waals surface area contributed by atoms with Gasteiger partial charge in [-0.05, 0) is 28.1 Å². The van der Waals surface area contributed by atoms with Gasteiger partial charge in [-0.2, -0.15) is 0 Å². The van der Waals surface area contributed by atoms with E-state index in [2.05, 4.69) is 25.9 Å². The van der Waals surface area contributed by atoms with Crippen molar-refractivity contribution >= 4 is 27.5 Å². The molecule has 0 aromatic carbocycles. The van der Waals surface area contributed by atoms with Crippen molar-refractivity contribution in [3.8, 4) is 11.6 Å². The van der Waals surface area contributed by atoms with E-state index in [-0.39, 0.29) is 11.8 Å². The van der Waals surface area contributed by atoms with E-state index < -0.39 is 6.10 Å². The highest BCUT2D eigenvalue weighted by molar-refractivity contribution is 9.10. The summed E-state index contributed by atoms with van der Waals surface area (Å²) >= 11 is 9.17. The summed E-state index contributed by atoms with van der Waals surface area (Å²) in [6.07, 6.45) is 2.29. The third-order valence-corrected chi connectivity index (χ3v) is 3.24. The molecule has 0 saturated carbocycles. The molecule has 1 unspecified atom stereocenters. The minimum Gasteiger partial charge on any atom is -0.487 e. The van der Waals surface area contributed by atoms with Gasteiger partial charge >= 0.3 is 0 Å². The molecule has 1 N–H and O–H groups in total. The summed E-state index contributed by atoms with van der Waals surface area (Å²) in [5.41, 5.74) is 0.630. The van der Waals surface area contributed by atoms with Crippen molar-refractivity contribution in [1.29, 1.82) is 0 Å². The summed E-state index contributed by atoms with van der Waals surface area (Å²) in [5.74, 6) is 0.891. The predicted octanol–water partition coefficient (Wildman–Crippen LogP) is 3.01. The number of pyridine rings is 2. The molecule has 2 heterocycles. The number of hydrogen-bond donors (Lipinski definition) is 1. The number of aromatic nitrogens is 2. The van der Waals surface area contributed by atoms with Crippen molar-refractivity contribution in [1.82, 2.24) is 9.97 Å². The Hall–Kier alpha value is -1.37. The van der Waals surface area contributed by atoms with E-state index in [1.165, 1.54) is 13.3 Å². The number of aliphatic hydroxyl groups excluding tert-OH is 1. The van der Waals surface area contributed by atoms with Gasteiger partial charge in [0.1, 0.15) is 12.7 Å². The Balaban J connectivity index is 2.00. The first kappa shape index (κ1) is 15.0. The first-order valence-corrected chi connectivity index (χ1v) is 6.89. The molecule has 0 bridgehead atoms. The molecule has 2 aromatic rings. The maximum atomic E-state index is 10.0. The summed E-state index contributed by atoms with van der Waals surface area (Å²) in [5, 5.41) is 10.3. The highest BCUT2D eigenvalue weighted by atomic mass is 79.9. The fourth-order valence-corrected chi connectivity index (χ4v) is 1.95. The van der Waals surface area contributed by atoms with Gasteiger partial charge in [-0.1, -0.05) is 11.6 Å². The van der Waals surface area contributed by atoms with Gasteiger partial charge < -0.3 is 14.6 Å². The first-order valence-electron chi connectivity index (χ1n) is 5.72. The van der Waals surface area contributed by atoms with Crippen LogP contribution in [0.3, 0.4) is 0 Å². The van der Waals surface area contributed by atoms with E-state index in [0.717, 1.165) is 4.47 Å². The first-order chi connectivity index (χ1) is 9.60. The maximum absolute atomic E-state index is 10.0. The standard InChI is InChI=1S/C13H12BrClN2O3/c1-19-12-3-2-8(5-16-12)10(18)7-20-11-4-9(14)6-17-13(11)15/h2-6,10,18H,7H2,1H3. The fraction of sp³-hybridized carbons (Fsp3) is 0.231. The smallest absolute Gasteiger partial charge is 0.212 e. The monoisotopic (exact) mass is 358 g/mol. The average Bonchev–Trinajstić information content (AvgIpc) is 2.48. The zero-order valence-corrected chi connectivity index (χ0v) is 12.9. The number of rotatable bonds is 5. The van der Waals surface area contributed by atoms with Crippen molar-refractivity contribution in [3.05, 3.63) is 45.8 Å². The van der Waals surface area contributed by atoms with Gasteiger partial charge in [0.25, 0.3) is 0 Å².